The first kappa shape index (κ1) is 69.2. The minimum atomic E-state index is -4.56. The normalized spacial score (nSPS) is 13.9. The number of quaternary nitrogens is 1. The van der Waals surface area contributed by atoms with E-state index in [0.717, 1.165) is 38.5 Å². The van der Waals surface area contributed by atoms with Gasteiger partial charge in [-0.25, -0.2) is 0 Å². The molecule has 0 aromatic rings. The fourth-order valence-corrected chi connectivity index (χ4v) is 10.4. The van der Waals surface area contributed by atoms with Crippen molar-refractivity contribution in [2.24, 2.45) is 0 Å². The summed E-state index contributed by atoms with van der Waals surface area (Å²) in [6, 6.07) is -0.795. The van der Waals surface area contributed by atoms with Crippen LogP contribution in [-0.2, 0) is 18.4 Å². The fourth-order valence-electron chi connectivity index (χ4n) is 9.63. The van der Waals surface area contributed by atoms with Crippen molar-refractivity contribution in [3.63, 3.8) is 0 Å². The number of allylic oxidation sites excluding steroid dienone is 2. The Morgan fingerprint density at radius 2 is 0.786 bits per heavy atom. The molecule has 0 heterocycles. The minimum absolute atomic E-state index is 0.0147. The van der Waals surface area contributed by atoms with E-state index in [1.54, 1.807) is 0 Å². The summed E-state index contributed by atoms with van der Waals surface area (Å²) < 4.78 is 23.3. The van der Waals surface area contributed by atoms with Gasteiger partial charge in [-0.1, -0.05) is 289 Å². The highest BCUT2D eigenvalue weighted by Gasteiger charge is 2.24. The zero-order chi connectivity index (χ0) is 51.3. The molecule has 0 saturated carbocycles. The summed E-state index contributed by atoms with van der Waals surface area (Å²) in [5.41, 5.74) is 0. The zero-order valence-electron chi connectivity index (χ0n) is 47.8. The van der Waals surface area contributed by atoms with Gasteiger partial charge in [-0.3, -0.25) is 9.36 Å². The Morgan fingerprint density at radius 3 is 1.11 bits per heavy atom. The van der Waals surface area contributed by atoms with Crippen molar-refractivity contribution < 1.29 is 32.9 Å². The topological polar surface area (TPSA) is 108 Å². The van der Waals surface area contributed by atoms with Gasteiger partial charge >= 0.3 is 0 Å². The molecular weight excluding hydrogens is 888 g/mol. The minimum Gasteiger partial charge on any atom is -0.756 e. The highest BCUT2D eigenvalue weighted by atomic mass is 31.2. The number of unbranched alkanes of at least 4 members (excludes halogenated alkanes) is 43. The van der Waals surface area contributed by atoms with Crippen LogP contribution in [0.1, 0.15) is 322 Å². The van der Waals surface area contributed by atoms with Crippen molar-refractivity contribution in [2.45, 2.75) is 334 Å². The second kappa shape index (κ2) is 53.1. The van der Waals surface area contributed by atoms with Crippen LogP contribution >= 0.6 is 7.82 Å². The van der Waals surface area contributed by atoms with E-state index in [4.69, 9.17) is 9.05 Å². The second-order valence-corrected chi connectivity index (χ2v) is 24.2. The van der Waals surface area contributed by atoms with Crippen LogP contribution in [0, 0.1) is 0 Å². The molecule has 2 N–H and O–H groups in total. The zero-order valence-corrected chi connectivity index (χ0v) is 48.6. The number of carbonyl (C=O) groups excluding carboxylic acids is 1. The highest BCUT2D eigenvalue weighted by Crippen LogP contribution is 2.38. The Bertz CT molecular complexity index is 1150. The highest BCUT2D eigenvalue weighted by molar-refractivity contribution is 7.45. The molecule has 3 unspecified atom stereocenters. The van der Waals surface area contributed by atoms with Crippen molar-refractivity contribution in [3.05, 3.63) is 12.2 Å². The van der Waals surface area contributed by atoms with E-state index in [2.05, 4.69) is 31.3 Å². The van der Waals surface area contributed by atoms with E-state index < -0.39 is 20.0 Å². The molecule has 0 bridgehead atoms. The summed E-state index contributed by atoms with van der Waals surface area (Å²) in [6.07, 6.45) is 65.9. The van der Waals surface area contributed by atoms with E-state index in [9.17, 15) is 19.4 Å². The molecule has 3 atom stereocenters. The Hall–Kier alpha value is -0.760. The molecular formula is C61H123N2O6P. The van der Waals surface area contributed by atoms with Crippen LogP contribution in [0.5, 0.6) is 0 Å². The maximum atomic E-state index is 12.9. The molecule has 0 radical (unpaired) electrons. The van der Waals surface area contributed by atoms with Gasteiger partial charge in [0.15, 0.2) is 0 Å². The lowest BCUT2D eigenvalue weighted by molar-refractivity contribution is -0.870. The standard InChI is InChI=1S/C61H123N2O6P/c1-6-8-10-12-14-16-17-18-19-20-21-22-23-24-25-26-27-28-29-30-31-32-33-34-35-36-37-38-39-40-41-42-43-44-45-47-49-51-53-55-61(65)62-59(58-69-70(66,67)68-57-56-63(3,4)5)60(64)54-52-50-48-46-15-13-11-9-7-2/h30-31,59-60,64H,6-29,32-58H2,1-5H3,(H-,62,65,66,67)/b31-30-. The maximum Gasteiger partial charge on any atom is 0.268 e. The van der Waals surface area contributed by atoms with E-state index in [0.29, 0.717) is 23.9 Å². The lowest BCUT2D eigenvalue weighted by Crippen LogP contribution is -2.46. The summed E-state index contributed by atoms with van der Waals surface area (Å²) in [5, 5.41) is 13.9. The average Bonchev–Trinajstić information content (AvgIpc) is 3.32. The molecule has 418 valence electrons. The number of aliphatic hydroxyl groups is 1. The molecule has 8 nitrogen and oxygen atoms in total. The van der Waals surface area contributed by atoms with Crippen LogP contribution in [-0.4, -0.2) is 68.5 Å². The maximum absolute atomic E-state index is 12.9. The van der Waals surface area contributed by atoms with Crippen molar-refractivity contribution in [1.82, 2.24) is 5.32 Å². The molecule has 0 aliphatic heterocycles. The number of phosphoric ester groups is 1. The molecule has 0 rings (SSSR count). The number of likely N-dealkylation sites (N-methyl/N-ethyl adjacent to an activating group) is 1. The monoisotopic (exact) mass is 1010 g/mol. The number of carbonyl (C=O) groups is 1. The quantitative estimate of drug-likeness (QED) is 0.0272. The molecule has 0 fully saturated rings. The SMILES string of the molecule is CCCCCCCCCCCCCCCCCCCC/C=C\CCCCCCCCCCCCCCCCCCCC(=O)NC(COP(=O)([O-])OCC[N+](C)(C)C)C(O)CCCCCCCCCCC. The Kier molecular flexibility index (Phi) is 52.5. The van der Waals surface area contributed by atoms with Crippen molar-refractivity contribution in [2.75, 3.05) is 40.9 Å². The summed E-state index contributed by atoms with van der Waals surface area (Å²) in [7, 11) is 1.32. The number of hydrogen-bond acceptors (Lipinski definition) is 6. The van der Waals surface area contributed by atoms with Gasteiger partial charge in [0.1, 0.15) is 13.2 Å². The second-order valence-electron chi connectivity index (χ2n) is 22.8. The summed E-state index contributed by atoms with van der Waals surface area (Å²) in [6.45, 7) is 4.73. The molecule has 0 aliphatic carbocycles. The van der Waals surface area contributed by atoms with Gasteiger partial charge in [-0.15, -0.1) is 0 Å². The van der Waals surface area contributed by atoms with Crippen LogP contribution in [0.15, 0.2) is 12.2 Å². The smallest absolute Gasteiger partial charge is 0.268 e. The number of aliphatic hydroxyl groups excluding tert-OH is 1. The largest absolute Gasteiger partial charge is 0.756 e. The first-order chi connectivity index (χ1) is 34.0. The van der Waals surface area contributed by atoms with Crippen LogP contribution in [0.4, 0.5) is 0 Å². The van der Waals surface area contributed by atoms with Gasteiger partial charge in [0.2, 0.25) is 5.91 Å². The Morgan fingerprint density at radius 1 is 0.486 bits per heavy atom. The van der Waals surface area contributed by atoms with E-state index in [-0.39, 0.29) is 19.1 Å². The molecule has 0 aliphatic rings. The van der Waals surface area contributed by atoms with Crippen molar-refractivity contribution in [1.29, 1.82) is 0 Å². The summed E-state index contributed by atoms with van der Waals surface area (Å²) in [4.78, 5) is 25.4. The molecule has 0 aromatic heterocycles. The van der Waals surface area contributed by atoms with Crippen LogP contribution < -0.4 is 10.2 Å². The number of hydrogen-bond donors (Lipinski definition) is 2. The predicted molar refractivity (Wildman–Crippen MR) is 302 cm³/mol. The first-order valence-electron chi connectivity index (χ1n) is 31.0. The lowest BCUT2D eigenvalue weighted by Gasteiger charge is -2.30. The first-order valence-corrected chi connectivity index (χ1v) is 32.5. The van der Waals surface area contributed by atoms with Crippen LogP contribution in [0.2, 0.25) is 0 Å². The van der Waals surface area contributed by atoms with Crippen molar-refractivity contribution in [3.8, 4) is 0 Å². The average molecular weight is 1010 g/mol. The molecule has 70 heavy (non-hydrogen) atoms. The van der Waals surface area contributed by atoms with Gasteiger partial charge in [0.05, 0.1) is 39.9 Å². The van der Waals surface area contributed by atoms with Crippen LogP contribution in [0.25, 0.3) is 0 Å². The van der Waals surface area contributed by atoms with E-state index >= 15 is 0 Å². The fraction of sp³-hybridized carbons (Fsp3) is 0.951. The summed E-state index contributed by atoms with van der Waals surface area (Å²) in [5.74, 6) is -0.161. The Labute approximate surface area is 437 Å². The molecule has 9 heteroatoms. The molecule has 0 aromatic carbocycles. The van der Waals surface area contributed by atoms with Gasteiger partial charge in [0.25, 0.3) is 7.82 Å². The number of nitrogens with zero attached hydrogens (tertiary/aromatic N) is 1. The third-order valence-corrected chi connectivity index (χ3v) is 15.5. The third-order valence-electron chi connectivity index (χ3n) is 14.5. The van der Waals surface area contributed by atoms with Gasteiger partial charge in [0, 0.05) is 6.42 Å². The van der Waals surface area contributed by atoms with E-state index in [1.165, 1.54) is 257 Å². The number of nitrogens with one attached hydrogen (secondary N) is 1. The molecule has 0 saturated heterocycles. The molecule has 1 amide bonds. The lowest BCUT2D eigenvalue weighted by atomic mass is 10.0. The van der Waals surface area contributed by atoms with Crippen molar-refractivity contribution >= 4 is 13.7 Å². The van der Waals surface area contributed by atoms with E-state index in [1.807, 2.05) is 21.1 Å². The number of phosphoric acid groups is 1. The van der Waals surface area contributed by atoms with Gasteiger partial charge in [-0.2, -0.15) is 0 Å². The third kappa shape index (κ3) is 55.0. The van der Waals surface area contributed by atoms with Crippen LogP contribution in [0.3, 0.4) is 0 Å². The van der Waals surface area contributed by atoms with Gasteiger partial charge < -0.3 is 28.8 Å². The molecule has 0 spiro atoms. The summed E-state index contributed by atoms with van der Waals surface area (Å²) >= 11 is 0. The number of rotatable bonds is 58. The Balaban J connectivity index is 3.75. The van der Waals surface area contributed by atoms with Gasteiger partial charge in [-0.05, 0) is 38.5 Å². The predicted octanol–water partition coefficient (Wildman–Crippen LogP) is 18.4. The number of amides is 1.